The number of halogens is 1. The minimum absolute atomic E-state index is 0.190. The molecule has 5 nitrogen and oxygen atoms in total. The van der Waals surface area contributed by atoms with E-state index in [0.29, 0.717) is 10.5 Å². The number of oxime groups is 1. The van der Waals surface area contributed by atoms with E-state index in [1.165, 1.54) is 7.11 Å². The molecular weight excluding hydrogens is 369 g/mol. The van der Waals surface area contributed by atoms with Gasteiger partial charge in [-0.15, -0.1) is 0 Å². The third-order valence-electron chi connectivity index (χ3n) is 4.08. The molecule has 144 valence electrons. The van der Waals surface area contributed by atoms with Crippen LogP contribution in [-0.2, 0) is 20.2 Å². The molecule has 3 atom stereocenters. The molecule has 0 aliphatic heterocycles. The van der Waals surface area contributed by atoms with Gasteiger partial charge in [-0.3, -0.25) is 4.79 Å². The first-order valence-corrected chi connectivity index (χ1v) is 9.51. The lowest BCUT2D eigenvalue weighted by Crippen LogP contribution is -2.51. The van der Waals surface area contributed by atoms with Crippen LogP contribution in [0.4, 0.5) is 4.39 Å². The summed E-state index contributed by atoms with van der Waals surface area (Å²) in [5, 5.41) is 12.9. The Morgan fingerprint density at radius 3 is 2.41 bits per heavy atom. The zero-order valence-electron chi connectivity index (χ0n) is 15.3. The molecule has 1 N–H and O–H groups in total. The Kier molecular flexibility index (Phi) is 7.53. The number of carbonyl (C=O) groups excluding carboxylic acids is 1. The van der Waals surface area contributed by atoms with E-state index >= 15 is 0 Å². The fourth-order valence-corrected chi connectivity index (χ4v) is 4.54. The second-order valence-electron chi connectivity index (χ2n) is 5.96. The molecule has 2 rings (SSSR count). The normalized spacial score (nSPS) is 15.4. The lowest BCUT2D eigenvalue weighted by molar-refractivity contribution is -0.212. The van der Waals surface area contributed by atoms with E-state index in [1.54, 1.807) is 30.3 Å². The van der Waals surface area contributed by atoms with Crippen LogP contribution in [0.3, 0.4) is 0 Å². The van der Waals surface area contributed by atoms with Crippen molar-refractivity contribution < 1.29 is 23.3 Å². The molecule has 0 radical (unpaired) electrons. The Hall–Kier alpha value is -2.22. The van der Waals surface area contributed by atoms with Crippen molar-refractivity contribution >= 4 is 23.7 Å². The number of nitrogens with zero attached hydrogens (tertiary/aromatic N) is 1. The van der Waals surface area contributed by atoms with Crippen molar-refractivity contribution in [1.82, 2.24) is 0 Å². The Morgan fingerprint density at radius 1 is 1.26 bits per heavy atom. The summed E-state index contributed by atoms with van der Waals surface area (Å²) >= 11 is -1.13. The van der Waals surface area contributed by atoms with Crippen LogP contribution in [0.25, 0.3) is 0 Å². The molecule has 0 aliphatic rings. The van der Waals surface area contributed by atoms with Crippen LogP contribution in [0.2, 0.25) is 0 Å². The molecule has 0 aliphatic carbocycles. The lowest BCUT2D eigenvalue weighted by atomic mass is 10.0. The number of hydrogen-bond donors (Lipinski definition) is 1. The first kappa shape index (κ1) is 21.1. The van der Waals surface area contributed by atoms with Gasteiger partial charge in [0, 0.05) is 12.3 Å². The predicted molar refractivity (Wildman–Crippen MR) is 105 cm³/mol. The summed E-state index contributed by atoms with van der Waals surface area (Å²) < 4.78 is 19.4. The van der Waals surface area contributed by atoms with Crippen molar-refractivity contribution in [3.05, 3.63) is 65.7 Å². The van der Waals surface area contributed by atoms with E-state index in [2.05, 4.69) is 11.9 Å². The Balaban J connectivity index is 2.42. The topological polar surface area (TPSA) is 68.1 Å². The first-order chi connectivity index (χ1) is 12.9. The SMILES string of the molecule is C=NOC(O)(CF)C(CC(=O)c1ccccc1)[S+](OC)c1ccc(C)cc1. The molecule has 0 amide bonds. The van der Waals surface area contributed by atoms with Crippen LogP contribution in [0.5, 0.6) is 0 Å². The van der Waals surface area contributed by atoms with Crippen LogP contribution < -0.4 is 0 Å². The van der Waals surface area contributed by atoms with Gasteiger partial charge in [-0.2, -0.15) is 4.18 Å². The highest BCUT2D eigenvalue weighted by Gasteiger charge is 2.55. The van der Waals surface area contributed by atoms with Crippen LogP contribution in [0.15, 0.2) is 64.6 Å². The van der Waals surface area contributed by atoms with Crippen molar-refractivity contribution in [2.45, 2.75) is 29.3 Å². The quantitative estimate of drug-likeness (QED) is 0.221. The average molecular weight is 392 g/mol. The smallest absolute Gasteiger partial charge is 0.314 e. The highest BCUT2D eigenvalue weighted by molar-refractivity contribution is 7.93. The van der Waals surface area contributed by atoms with Crippen molar-refractivity contribution in [3.63, 3.8) is 0 Å². The van der Waals surface area contributed by atoms with Gasteiger partial charge in [0.2, 0.25) is 5.25 Å². The van der Waals surface area contributed by atoms with E-state index in [9.17, 15) is 14.3 Å². The summed E-state index contributed by atoms with van der Waals surface area (Å²) in [6.07, 6.45) is -0.190. The van der Waals surface area contributed by atoms with Crippen molar-refractivity contribution in [2.24, 2.45) is 5.16 Å². The summed E-state index contributed by atoms with van der Waals surface area (Å²) in [6, 6.07) is 16.0. The van der Waals surface area contributed by atoms with Crippen LogP contribution in [0, 0.1) is 6.92 Å². The number of ketones is 1. The van der Waals surface area contributed by atoms with Crippen molar-refractivity contribution in [3.8, 4) is 0 Å². The predicted octanol–water partition coefficient (Wildman–Crippen LogP) is 3.47. The summed E-state index contributed by atoms with van der Waals surface area (Å²) in [5.41, 5.74) is 1.50. The molecule has 0 fully saturated rings. The number of alkyl halides is 1. The maximum Gasteiger partial charge on any atom is 0.314 e. The number of rotatable bonds is 10. The summed E-state index contributed by atoms with van der Waals surface area (Å²) in [4.78, 5) is 18.3. The first-order valence-electron chi connectivity index (χ1n) is 8.30. The molecule has 27 heavy (non-hydrogen) atoms. The summed E-state index contributed by atoms with van der Waals surface area (Å²) in [7, 11) is 1.45. The van der Waals surface area contributed by atoms with Gasteiger partial charge < -0.3 is 9.94 Å². The summed E-state index contributed by atoms with van der Waals surface area (Å²) in [6.45, 7) is 3.83. The number of aliphatic hydroxyl groups is 1. The van der Waals surface area contributed by atoms with Gasteiger partial charge in [-0.25, -0.2) is 4.39 Å². The van der Waals surface area contributed by atoms with Gasteiger partial charge >= 0.3 is 5.79 Å². The zero-order valence-corrected chi connectivity index (χ0v) is 16.1. The van der Waals surface area contributed by atoms with Gasteiger partial charge in [-0.05, 0) is 19.1 Å². The van der Waals surface area contributed by atoms with E-state index in [0.717, 1.165) is 5.56 Å². The fourth-order valence-electron chi connectivity index (χ4n) is 2.64. The Bertz CT molecular complexity index is 756. The van der Waals surface area contributed by atoms with Crippen molar-refractivity contribution in [2.75, 3.05) is 13.8 Å². The lowest BCUT2D eigenvalue weighted by Gasteiger charge is -2.28. The molecule has 0 bridgehead atoms. The second-order valence-corrected chi connectivity index (χ2v) is 7.93. The zero-order chi connectivity index (χ0) is 19.9. The molecule has 0 heterocycles. The highest BCUT2D eigenvalue weighted by Crippen LogP contribution is 2.32. The number of benzene rings is 2. The average Bonchev–Trinajstić information content (AvgIpc) is 2.69. The second kappa shape index (κ2) is 9.64. The van der Waals surface area contributed by atoms with Crippen LogP contribution in [0.1, 0.15) is 22.3 Å². The Labute approximate surface area is 161 Å². The van der Waals surface area contributed by atoms with E-state index < -0.39 is 28.9 Å². The van der Waals surface area contributed by atoms with Gasteiger partial charge in [0.05, 0.1) is 13.5 Å². The third kappa shape index (κ3) is 5.15. The molecule has 2 aromatic carbocycles. The van der Waals surface area contributed by atoms with Crippen LogP contribution in [-0.4, -0.2) is 42.4 Å². The van der Waals surface area contributed by atoms with E-state index in [1.807, 2.05) is 31.2 Å². The fraction of sp³-hybridized carbons (Fsp3) is 0.300. The molecule has 0 saturated carbocycles. The monoisotopic (exact) mass is 392 g/mol. The number of aryl methyl sites for hydroxylation is 1. The number of hydrogen-bond acceptors (Lipinski definition) is 5. The molecule has 7 heteroatoms. The maximum atomic E-state index is 13.8. The van der Waals surface area contributed by atoms with Gasteiger partial charge in [0.15, 0.2) is 28.5 Å². The molecular formula is C20H23FNO4S+. The van der Waals surface area contributed by atoms with Gasteiger partial charge in [-0.1, -0.05) is 53.2 Å². The van der Waals surface area contributed by atoms with E-state index in [-0.39, 0.29) is 12.2 Å². The van der Waals surface area contributed by atoms with Crippen LogP contribution >= 0.6 is 0 Å². The van der Waals surface area contributed by atoms with Crippen molar-refractivity contribution in [1.29, 1.82) is 0 Å². The molecule has 0 saturated heterocycles. The molecule has 3 unspecified atom stereocenters. The number of carbonyl (C=O) groups is 1. The van der Waals surface area contributed by atoms with Gasteiger partial charge in [0.25, 0.3) is 0 Å². The maximum absolute atomic E-state index is 13.8. The largest absolute Gasteiger partial charge is 0.352 e. The Morgan fingerprint density at radius 2 is 1.89 bits per heavy atom. The minimum atomic E-state index is -2.34. The summed E-state index contributed by atoms with van der Waals surface area (Å²) in [5.74, 6) is -2.60. The molecule has 0 aromatic heterocycles. The standard InChI is InChI=1S/C20H23FNO4S/c1-15-9-11-17(12-10-15)27(25-3)19(20(24,14-21)26-22-2)13-18(23)16-7-5-4-6-8-16/h4-12,19,24H,2,13-14H2,1,3H3/q+1. The van der Waals surface area contributed by atoms with E-state index in [4.69, 9.17) is 9.02 Å². The highest BCUT2D eigenvalue weighted by atomic mass is 32.2. The molecule has 2 aromatic rings. The molecule has 0 spiro atoms. The third-order valence-corrected chi connectivity index (χ3v) is 6.22. The van der Waals surface area contributed by atoms with Gasteiger partial charge in [0.1, 0.15) is 0 Å². The number of Topliss-reactive ketones (excluding diaryl/α,β-unsaturated/α-hetero) is 1. The minimum Gasteiger partial charge on any atom is -0.352 e.